The Morgan fingerprint density at radius 3 is 2.69 bits per heavy atom. The number of nitrogens with zero attached hydrogens (tertiary/aromatic N) is 3. The standard InChI is InChI=1S/C13H16N6O6S/c1-5-8(11(23)19(5)13(24)15-3-7(20)21)17-10(22)9(18-25-2)6-4-26-12(14)16-6/h4-5,8H,3H2,1-2H3,(H2,14,16)(H,15,24)(H,17,22)(H,20,21)/t5-,8+/m1/s1. The number of likely N-dealkylation sites (tertiary alicyclic amines) is 1. The third kappa shape index (κ3) is 3.88. The highest BCUT2D eigenvalue weighted by Gasteiger charge is 2.49. The van der Waals surface area contributed by atoms with Gasteiger partial charge in [0.2, 0.25) is 0 Å². The Labute approximate surface area is 151 Å². The first-order valence-electron chi connectivity index (χ1n) is 7.22. The summed E-state index contributed by atoms with van der Waals surface area (Å²) in [6, 6.07) is -2.51. The van der Waals surface area contributed by atoms with E-state index in [-0.39, 0.29) is 16.5 Å². The van der Waals surface area contributed by atoms with Gasteiger partial charge < -0.3 is 26.3 Å². The maximum absolute atomic E-state index is 12.4. The number of carboxylic acids is 1. The lowest BCUT2D eigenvalue weighted by Gasteiger charge is -2.43. The number of carbonyl (C=O) groups excluding carboxylic acids is 3. The molecule has 0 radical (unpaired) electrons. The Morgan fingerprint density at radius 1 is 1.50 bits per heavy atom. The van der Waals surface area contributed by atoms with E-state index in [2.05, 4.69) is 25.6 Å². The molecular weight excluding hydrogens is 368 g/mol. The molecule has 1 aliphatic rings. The summed E-state index contributed by atoms with van der Waals surface area (Å²) in [5.74, 6) is -2.65. The molecule has 12 nitrogen and oxygen atoms in total. The molecule has 0 saturated carbocycles. The second-order valence-electron chi connectivity index (χ2n) is 5.15. The van der Waals surface area contributed by atoms with E-state index in [1.165, 1.54) is 19.4 Å². The van der Waals surface area contributed by atoms with Crippen LogP contribution in [0.3, 0.4) is 0 Å². The van der Waals surface area contributed by atoms with E-state index < -0.39 is 42.4 Å². The van der Waals surface area contributed by atoms with E-state index in [0.717, 1.165) is 16.2 Å². The number of carbonyl (C=O) groups is 4. The molecule has 0 aromatic carbocycles. The average Bonchev–Trinajstić information content (AvgIpc) is 3.01. The van der Waals surface area contributed by atoms with E-state index in [1.54, 1.807) is 0 Å². The van der Waals surface area contributed by atoms with Gasteiger partial charge in [-0.1, -0.05) is 5.16 Å². The van der Waals surface area contributed by atoms with E-state index >= 15 is 0 Å². The van der Waals surface area contributed by atoms with Crippen molar-refractivity contribution in [1.29, 1.82) is 0 Å². The highest BCUT2D eigenvalue weighted by molar-refractivity contribution is 7.13. The zero-order valence-electron chi connectivity index (χ0n) is 13.8. The van der Waals surface area contributed by atoms with Gasteiger partial charge in [0, 0.05) is 5.38 Å². The molecule has 4 amide bonds. The summed E-state index contributed by atoms with van der Waals surface area (Å²) < 4.78 is 0. The van der Waals surface area contributed by atoms with Crippen molar-refractivity contribution in [2.75, 3.05) is 19.4 Å². The second-order valence-corrected chi connectivity index (χ2v) is 6.04. The number of aliphatic carboxylic acids is 1. The molecule has 1 saturated heterocycles. The van der Waals surface area contributed by atoms with Crippen LogP contribution in [0.5, 0.6) is 0 Å². The fraction of sp³-hybridized carbons (Fsp3) is 0.385. The molecule has 2 rings (SSSR count). The van der Waals surface area contributed by atoms with Crippen molar-refractivity contribution in [2.45, 2.75) is 19.0 Å². The molecule has 1 aromatic rings. The summed E-state index contributed by atoms with van der Waals surface area (Å²) in [4.78, 5) is 56.1. The molecule has 1 fully saturated rings. The number of β-lactam (4-membered cyclic amide) rings is 1. The number of carboxylic acid groups (broad SMARTS) is 1. The topological polar surface area (TPSA) is 176 Å². The molecular formula is C13H16N6O6S. The SMILES string of the molecule is CON=C(C(=O)N[C@@H]1C(=O)N(C(=O)NCC(=O)O)[C@@H]1C)c1csc(N)n1. The monoisotopic (exact) mass is 384 g/mol. The molecule has 0 unspecified atom stereocenters. The summed E-state index contributed by atoms with van der Waals surface area (Å²) in [5, 5.41) is 18.4. The number of amides is 4. The molecule has 2 atom stereocenters. The number of aromatic nitrogens is 1. The summed E-state index contributed by atoms with van der Waals surface area (Å²) in [5.41, 5.74) is 5.54. The number of hydrogen-bond acceptors (Lipinski definition) is 9. The third-order valence-electron chi connectivity index (χ3n) is 3.45. The smallest absolute Gasteiger partial charge is 0.324 e. The first-order valence-corrected chi connectivity index (χ1v) is 8.10. The Hall–Kier alpha value is -3.22. The number of imide groups is 1. The van der Waals surface area contributed by atoms with Crippen molar-refractivity contribution in [1.82, 2.24) is 20.5 Å². The van der Waals surface area contributed by atoms with Crippen molar-refractivity contribution in [2.24, 2.45) is 5.16 Å². The van der Waals surface area contributed by atoms with Crippen LogP contribution in [0.4, 0.5) is 9.93 Å². The zero-order valence-corrected chi connectivity index (χ0v) is 14.6. The molecule has 1 aromatic heterocycles. The van der Waals surface area contributed by atoms with Crippen LogP contribution in [0.2, 0.25) is 0 Å². The summed E-state index contributed by atoms with van der Waals surface area (Å²) in [7, 11) is 1.24. The predicted octanol–water partition coefficient (Wildman–Crippen LogP) is -1.41. The lowest BCUT2D eigenvalue weighted by molar-refractivity contribution is -0.146. The number of thiazole rings is 1. The van der Waals surface area contributed by atoms with Gasteiger partial charge in [0.1, 0.15) is 25.4 Å². The molecule has 26 heavy (non-hydrogen) atoms. The number of hydrogen-bond donors (Lipinski definition) is 4. The van der Waals surface area contributed by atoms with Crippen LogP contribution in [-0.4, -0.2) is 70.3 Å². The first kappa shape index (κ1) is 19.1. The number of nitrogens with one attached hydrogen (secondary N) is 2. The van der Waals surface area contributed by atoms with Crippen molar-refractivity contribution in [3.63, 3.8) is 0 Å². The molecule has 5 N–H and O–H groups in total. The number of rotatable bonds is 6. The van der Waals surface area contributed by atoms with Crippen LogP contribution < -0.4 is 16.4 Å². The number of urea groups is 1. The maximum Gasteiger partial charge on any atom is 0.324 e. The summed E-state index contributed by atoms with van der Waals surface area (Å²) in [6.45, 7) is 0.906. The molecule has 2 heterocycles. The first-order chi connectivity index (χ1) is 12.3. The van der Waals surface area contributed by atoms with Gasteiger partial charge in [0.25, 0.3) is 11.8 Å². The number of nitrogen functional groups attached to an aromatic ring is 1. The molecule has 140 valence electrons. The molecule has 1 aliphatic heterocycles. The third-order valence-corrected chi connectivity index (χ3v) is 4.13. The Kier molecular flexibility index (Phi) is 5.71. The minimum absolute atomic E-state index is 0.172. The molecule has 0 spiro atoms. The number of nitrogens with two attached hydrogens (primary N) is 1. The van der Waals surface area contributed by atoms with Gasteiger partial charge >= 0.3 is 12.0 Å². The van der Waals surface area contributed by atoms with Crippen LogP contribution >= 0.6 is 11.3 Å². The summed E-state index contributed by atoms with van der Waals surface area (Å²) >= 11 is 1.10. The molecule has 13 heteroatoms. The van der Waals surface area contributed by atoms with Crippen LogP contribution in [0, 0.1) is 0 Å². The van der Waals surface area contributed by atoms with Crippen molar-refractivity contribution in [3.05, 3.63) is 11.1 Å². The fourth-order valence-corrected chi connectivity index (χ4v) is 2.78. The average molecular weight is 384 g/mol. The lowest BCUT2D eigenvalue weighted by atomic mass is 9.97. The van der Waals surface area contributed by atoms with Gasteiger partial charge in [0.15, 0.2) is 10.8 Å². The van der Waals surface area contributed by atoms with Crippen molar-refractivity contribution < 1.29 is 29.1 Å². The normalized spacial score (nSPS) is 19.5. The predicted molar refractivity (Wildman–Crippen MR) is 89.3 cm³/mol. The zero-order chi connectivity index (χ0) is 19.4. The van der Waals surface area contributed by atoms with Gasteiger partial charge in [-0.2, -0.15) is 0 Å². The van der Waals surface area contributed by atoms with E-state index in [9.17, 15) is 19.2 Å². The molecule has 0 bridgehead atoms. The van der Waals surface area contributed by atoms with Crippen LogP contribution in [0.1, 0.15) is 12.6 Å². The fourth-order valence-electron chi connectivity index (χ4n) is 2.23. The van der Waals surface area contributed by atoms with Crippen LogP contribution in [0.15, 0.2) is 10.5 Å². The van der Waals surface area contributed by atoms with Crippen LogP contribution in [0.25, 0.3) is 0 Å². The highest BCUT2D eigenvalue weighted by Crippen LogP contribution is 2.20. The Morgan fingerprint density at radius 2 is 2.19 bits per heavy atom. The van der Waals surface area contributed by atoms with E-state index in [0.29, 0.717) is 0 Å². The van der Waals surface area contributed by atoms with Gasteiger partial charge in [-0.15, -0.1) is 11.3 Å². The summed E-state index contributed by atoms with van der Waals surface area (Å²) in [6.07, 6.45) is 0. The Balaban J connectivity index is 2.03. The minimum Gasteiger partial charge on any atom is -0.480 e. The second kappa shape index (κ2) is 7.77. The van der Waals surface area contributed by atoms with Crippen LogP contribution in [-0.2, 0) is 19.2 Å². The van der Waals surface area contributed by atoms with Gasteiger partial charge in [-0.25, -0.2) is 9.78 Å². The van der Waals surface area contributed by atoms with Gasteiger partial charge in [-0.05, 0) is 6.92 Å². The Bertz CT molecular complexity index is 777. The number of anilines is 1. The maximum atomic E-state index is 12.4. The minimum atomic E-state index is -1.24. The highest BCUT2D eigenvalue weighted by atomic mass is 32.1. The molecule has 0 aliphatic carbocycles. The number of oxime groups is 1. The largest absolute Gasteiger partial charge is 0.480 e. The lowest BCUT2D eigenvalue weighted by Crippen LogP contribution is -2.72. The van der Waals surface area contributed by atoms with Crippen molar-refractivity contribution in [3.8, 4) is 0 Å². The van der Waals surface area contributed by atoms with Gasteiger partial charge in [-0.3, -0.25) is 19.3 Å². The van der Waals surface area contributed by atoms with E-state index in [1.807, 2.05) is 0 Å². The quantitative estimate of drug-likeness (QED) is 0.262. The van der Waals surface area contributed by atoms with E-state index in [4.69, 9.17) is 10.8 Å². The van der Waals surface area contributed by atoms with Crippen molar-refractivity contribution >= 4 is 46.0 Å². The van der Waals surface area contributed by atoms with Gasteiger partial charge in [0.05, 0.1) is 6.04 Å².